The zero-order valence-electron chi connectivity index (χ0n) is 12.6. The second-order valence-electron chi connectivity index (χ2n) is 5.57. The fourth-order valence-electron chi connectivity index (χ4n) is 2.06. The number of nitrogens with zero attached hydrogens (tertiary/aromatic N) is 1. The Labute approximate surface area is 121 Å². The molecule has 20 heavy (non-hydrogen) atoms. The highest BCUT2D eigenvalue weighted by Gasteiger charge is 2.02. The van der Waals surface area contributed by atoms with Gasteiger partial charge in [0.15, 0.2) is 0 Å². The summed E-state index contributed by atoms with van der Waals surface area (Å²) in [7, 11) is 0. The fourth-order valence-corrected chi connectivity index (χ4v) is 2.06. The number of hydrogen-bond donors (Lipinski definition) is 1. The van der Waals surface area contributed by atoms with Gasteiger partial charge in [-0.05, 0) is 37.0 Å². The van der Waals surface area contributed by atoms with Crippen LogP contribution in [0.15, 0.2) is 30.3 Å². The van der Waals surface area contributed by atoms with E-state index in [0.29, 0.717) is 5.92 Å². The van der Waals surface area contributed by atoms with Crippen LogP contribution in [0.1, 0.15) is 25.8 Å². The lowest BCUT2D eigenvalue weighted by Gasteiger charge is -2.11. The van der Waals surface area contributed by atoms with Crippen molar-refractivity contribution in [1.29, 1.82) is 0 Å². The number of nitrogens with one attached hydrogen (secondary N) is 1. The molecule has 0 atom stereocenters. The first-order valence-corrected chi connectivity index (χ1v) is 7.35. The zero-order valence-corrected chi connectivity index (χ0v) is 12.6. The van der Waals surface area contributed by atoms with Crippen LogP contribution in [-0.2, 0) is 4.74 Å². The van der Waals surface area contributed by atoms with E-state index in [0.717, 1.165) is 37.5 Å². The van der Waals surface area contributed by atoms with Crippen LogP contribution >= 0.6 is 0 Å². The van der Waals surface area contributed by atoms with Crippen molar-refractivity contribution < 1.29 is 4.74 Å². The maximum atomic E-state index is 5.60. The molecule has 1 N–H and O–H groups in total. The van der Waals surface area contributed by atoms with Gasteiger partial charge in [0, 0.05) is 18.5 Å². The summed E-state index contributed by atoms with van der Waals surface area (Å²) in [5.74, 6) is 1.66. The molecule has 0 spiro atoms. The number of pyridine rings is 1. The molecule has 0 bridgehead atoms. The highest BCUT2D eigenvalue weighted by molar-refractivity contribution is 5.81. The average Bonchev–Trinajstić information content (AvgIpc) is 2.42. The molecule has 0 saturated heterocycles. The molecule has 1 heterocycles. The molecular weight excluding hydrogens is 248 g/mol. The van der Waals surface area contributed by atoms with E-state index in [4.69, 9.17) is 4.74 Å². The first-order chi connectivity index (χ1) is 9.66. The van der Waals surface area contributed by atoms with Crippen LogP contribution in [0.5, 0.6) is 0 Å². The summed E-state index contributed by atoms with van der Waals surface area (Å²) >= 11 is 0. The molecule has 0 fully saturated rings. The van der Waals surface area contributed by atoms with Gasteiger partial charge in [0.05, 0.1) is 12.1 Å². The van der Waals surface area contributed by atoms with E-state index in [-0.39, 0.29) is 0 Å². The topological polar surface area (TPSA) is 34.2 Å². The highest BCUT2D eigenvalue weighted by atomic mass is 16.5. The van der Waals surface area contributed by atoms with E-state index in [1.807, 2.05) is 18.2 Å². The number of rotatable bonds is 7. The van der Waals surface area contributed by atoms with Gasteiger partial charge >= 0.3 is 0 Å². The minimum atomic E-state index is 0.701. The summed E-state index contributed by atoms with van der Waals surface area (Å²) in [5.41, 5.74) is 2.20. The van der Waals surface area contributed by atoms with Crippen molar-refractivity contribution >= 4 is 16.7 Å². The Hall–Kier alpha value is -1.61. The quantitative estimate of drug-likeness (QED) is 0.773. The fraction of sp³-hybridized carbons (Fsp3) is 0.471. The third-order valence-corrected chi connectivity index (χ3v) is 3.29. The van der Waals surface area contributed by atoms with Gasteiger partial charge in [-0.15, -0.1) is 0 Å². The van der Waals surface area contributed by atoms with Crippen molar-refractivity contribution in [2.24, 2.45) is 5.92 Å². The molecule has 2 rings (SSSR count). The molecule has 108 valence electrons. The lowest BCUT2D eigenvalue weighted by molar-refractivity contribution is 0.132. The van der Waals surface area contributed by atoms with Crippen molar-refractivity contribution in [1.82, 2.24) is 4.98 Å². The third-order valence-electron chi connectivity index (χ3n) is 3.29. The summed E-state index contributed by atoms with van der Waals surface area (Å²) in [4.78, 5) is 4.65. The Bertz CT molecular complexity index is 552. The standard InChI is InChI=1S/C17H24N2O/c1-13(2)8-10-20-11-9-18-17-14(3)12-15-6-4-5-7-16(15)19-17/h4-7,12-13H,8-11H2,1-3H3,(H,18,19). The van der Waals surface area contributed by atoms with Gasteiger partial charge in [0.2, 0.25) is 0 Å². The second-order valence-corrected chi connectivity index (χ2v) is 5.57. The molecule has 1 aromatic carbocycles. The molecular formula is C17H24N2O. The first-order valence-electron chi connectivity index (χ1n) is 7.35. The monoisotopic (exact) mass is 272 g/mol. The van der Waals surface area contributed by atoms with Gasteiger partial charge in [0.1, 0.15) is 5.82 Å². The number of aryl methyl sites for hydroxylation is 1. The largest absolute Gasteiger partial charge is 0.380 e. The first kappa shape index (κ1) is 14.8. The van der Waals surface area contributed by atoms with E-state index >= 15 is 0 Å². The second kappa shape index (κ2) is 7.25. The Morgan fingerprint density at radius 2 is 2.00 bits per heavy atom. The molecule has 0 amide bonds. The van der Waals surface area contributed by atoms with E-state index in [1.165, 1.54) is 10.9 Å². The number of hydrogen-bond acceptors (Lipinski definition) is 3. The number of ether oxygens (including phenoxy) is 1. The van der Waals surface area contributed by atoms with E-state index < -0.39 is 0 Å². The van der Waals surface area contributed by atoms with Crippen molar-refractivity contribution in [2.75, 3.05) is 25.1 Å². The van der Waals surface area contributed by atoms with Gasteiger partial charge in [-0.25, -0.2) is 4.98 Å². The number of aromatic nitrogens is 1. The Balaban J connectivity index is 1.85. The number of para-hydroxylation sites is 1. The van der Waals surface area contributed by atoms with Crippen LogP contribution in [0.4, 0.5) is 5.82 Å². The molecule has 0 saturated carbocycles. The van der Waals surface area contributed by atoms with Crippen molar-refractivity contribution in [3.63, 3.8) is 0 Å². The van der Waals surface area contributed by atoms with Gasteiger partial charge in [0.25, 0.3) is 0 Å². The number of anilines is 1. The van der Waals surface area contributed by atoms with E-state index in [2.05, 4.69) is 43.2 Å². The third kappa shape index (κ3) is 4.20. The minimum Gasteiger partial charge on any atom is -0.380 e. The summed E-state index contributed by atoms with van der Waals surface area (Å²) in [6.07, 6.45) is 1.12. The molecule has 2 aromatic rings. The van der Waals surface area contributed by atoms with Crippen molar-refractivity contribution in [3.05, 3.63) is 35.9 Å². The van der Waals surface area contributed by atoms with Gasteiger partial charge in [-0.1, -0.05) is 32.0 Å². The molecule has 0 unspecified atom stereocenters. The molecule has 0 aliphatic heterocycles. The van der Waals surface area contributed by atoms with Crippen LogP contribution in [-0.4, -0.2) is 24.7 Å². The van der Waals surface area contributed by atoms with Crippen LogP contribution in [0.3, 0.4) is 0 Å². The smallest absolute Gasteiger partial charge is 0.129 e. The lowest BCUT2D eigenvalue weighted by Crippen LogP contribution is -2.12. The van der Waals surface area contributed by atoms with Crippen LogP contribution in [0.25, 0.3) is 10.9 Å². The van der Waals surface area contributed by atoms with Crippen LogP contribution in [0.2, 0.25) is 0 Å². The zero-order chi connectivity index (χ0) is 14.4. The Kier molecular flexibility index (Phi) is 5.36. The summed E-state index contributed by atoms with van der Waals surface area (Å²) < 4.78 is 5.60. The predicted octanol–water partition coefficient (Wildman–Crippen LogP) is 4.02. The Morgan fingerprint density at radius 3 is 2.80 bits per heavy atom. The van der Waals surface area contributed by atoms with Crippen LogP contribution in [0, 0.1) is 12.8 Å². The van der Waals surface area contributed by atoms with E-state index in [1.54, 1.807) is 0 Å². The number of benzene rings is 1. The SMILES string of the molecule is Cc1cc2ccccc2nc1NCCOCCC(C)C. The minimum absolute atomic E-state index is 0.701. The van der Waals surface area contributed by atoms with Crippen LogP contribution < -0.4 is 5.32 Å². The molecule has 3 heteroatoms. The normalized spacial score (nSPS) is 11.2. The lowest BCUT2D eigenvalue weighted by atomic mass is 10.1. The number of fused-ring (bicyclic) bond motifs is 1. The van der Waals surface area contributed by atoms with E-state index in [9.17, 15) is 0 Å². The summed E-state index contributed by atoms with van der Waals surface area (Å²) in [5, 5.41) is 4.54. The maximum Gasteiger partial charge on any atom is 0.129 e. The molecule has 0 radical (unpaired) electrons. The molecule has 0 aliphatic rings. The Morgan fingerprint density at radius 1 is 1.20 bits per heavy atom. The summed E-state index contributed by atoms with van der Waals surface area (Å²) in [6.45, 7) is 8.86. The van der Waals surface area contributed by atoms with Gasteiger partial charge < -0.3 is 10.1 Å². The van der Waals surface area contributed by atoms with Gasteiger partial charge in [-0.2, -0.15) is 0 Å². The summed E-state index contributed by atoms with van der Waals surface area (Å²) in [6, 6.07) is 10.4. The highest BCUT2D eigenvalue weighted by Crippen LogP contribution is 2.19. The molecule has 0 aliphatic carbocycles. The van der Waals surface area contributed by atoms with Crippen molar-refractivity contribution in [2.45, 2.75) is 27.2 Å². The molecule has 3 nitrogen and oxygen atoms in total. The van der Waals surface area contributed by atoms with Crippen molar-refractivity contribution in [3.8, 4) is 0 Å². The molecule has 1 aromatic heterocycles. The van der Waals surface area contributed by atoms with Gasteiger partial charge in [-0.3, -0.25) is 0 Å². The average molecular weight is 272 g/mol. The predicted molar refractivity (Wildman–Crippen MR) is 85.2 cm³/mol. The maximum absolute atomic E-state index is 5.60.